The molecule has 1 saturated heterocycles. The topological polar surface area (TPSA) is 70.6 Å². The molecule has 0 spiro atoms. The first-order valence-corrected chi connectivity index (χ1v) is 8.48. The highest BCUT2D eigenvalue weighted by molar-refractivity contribution is 7.90. The first kappa shape index (κ1) is 17.3. The van der Waals surface area contributed by atoms with Gasteiger partial charge in [-0.15, -0.1) is 4.72 Å². The third-order valence-electron chi connectivity index (χ3n) is 3.49. The maximum absolute atomic E-state index is 12.4. The quantitative estimate of drug-likeness (QED) is 0.663. The summed E-state index contributed by atoms with van der Waals surface area (Å²) in [4.78, 5) is 11.7. The van der Waals surface area contributed by atoms with Crippen LogP contribution in [0.4, 0.5) is 0 Å². The van der Waals surface area contributed by atoms with Crippen molar-refractivity contribution in [2.75, 3.05) is 19.8 Å². The summed E-state index contributed by atoms with van der Waals surface area (Å²) < 4.78 is 25.5. The predicted molar refractivity (Wildman–Crippen MR) is 85.9 cm³/mol. The third kappa shape index (κ3) is 3.63. The van der Waals surface area contributed by atoms with Crippen molar-refractivity contribution in [2.45, 2.75) is 38.0 Å². The van der Waals surface area contributed by atoms with Crippen molar-refractivity contribution >= 4 is 17.3 Å². The summed E-state index contributed by atoms with van der Waals surface area (Å²) in [5.74, 6) is -0.334. The molecule has 0 aromatic heterocycles. The van der Waals surface area contributed by atoms with Crippen LogP contribution in [0.3, 0.4) is 0 Å². The van der Waals surface area contributed by atoms with Crippen molar-refractivity contribution in [1.29, 1.82) is 0 Å². The molecule has 1 aliphatic heterocycles. The molecule has 6 heteroatoms. The lowest BCUT2D eigenvalue weighted by atomic mass is 9.89. The van der Waals surface area contributed by atoms with Crippen LogP contribution in [0.2, 0.25) is 0 Å². The molecule has 1 unspecified atom stereocenters. The average molecular weight is 325 g/mol. The van der Waals surface area contributed by atoms with Gasteiger partial charge in [-0.05, 0) is 45.4 Å². The Morgan fingerprint density at radius 2 is 1.95 bits per heavy atom. The zero-order valence-electron chi connectivity index (χ0n) is 13.5. The summed E-state index contributed by atoms with van der Waals surface area (Å²) in [6.45, 7) is 8.83. The molecule has 1 aromatic rings. The SMILES string of the molecule is CCOC(=O)c1ccc(C2(N[S+]([O-])C(C)(C)C)COC2)cc1. The van der Waals surface area contributed by atoms with Crippen LogP contribution in [0.5, 0.6) is 0 Å². The van der Waals surface area contributed by atoms with E-state index in [0.717, 1.165) is 5.56 Å². The van der Waals surface area contributed by atoms with Crippen molar-refractivity contribution in [3.8, 4) is 0 Å². The van der Waals surface area contributed by atoms with Gasteiger partial charge in [0, 0.05) is 11.4 Å². The second-order valence-corrected chi connectivity index (χ2v) is 8.32. The number of hydrogen-bond acceptors (Lipinski definition) is 5. The zero-order valence-corrected chi connectivity index (χ0v) is 14.3. The summed E-state index contributed by atoms with van der Waals surface area (Å²) in [5, 5.41) is 0. The van der Waals surface area contributed by atoms with Crippen LogP contribution in [0.1, 0.15) is 43.6 Å². The van der Waals surface area contributed by atoms with Crippen LogP contribution >= 0.6 is 0 Å². The Hall–Kier alpha value is -1.08. The molecule has 0 aliphatic carbocycles. The van der Waals surface area contributed by atoms with Crippen LogP contribution in [0, 0.1) is 0 Å². The predicted octanol–water partition coefficient (Wildman–Crippen LogP) is 2.14. The van der Waals surface area contributed by atoms with Gasteiger partial charge in [0.25, 0.3) is 0 Å². The highest BCUT2D eigenvalue weighted by atomic mass is 32.2. The molecule has 1 fully saturated rings. The van der Waals surface area contributed by atoms with Crippen LogP contribution in [0.25, 0.3) is 0 Å². The fourth-order valence-electron chi connectivity index (χ4n) is 2.06. The minimum absolute atomic E-state index is 0.334. The van der Waals surface area contributed by atoms with Gasteiger partial charge in [0.1, 0.15) is 10.3 Å². The Bertz CT molecular complexity index is 520. The van der Waals surface area contributed by atoms with Crippen LogP contribution in [0.15, 0.2) is 24.3 Å². The lowest BCUT2D eigenvalue weighted by Crippen LogP contribution is -2.61. The van der Waals surface area contributed by atoms with Crippen molar-refractivity contribution in [1.82, 2.24) is 4.72 Å². The average Bonchev–Trinajstić information content (AvgIpc) is 2.42. The second-order valence-electron chi connectivity index (χ2n) is 6.36. The smallest absolute Gasteiger partial charge is 0.338 e. The van der Waals surface area contributed by atoms with Crippen LogP contribution in [-0.2, 0) is 26.4 Å². The van der Waals surface area contributed by atoms with E-state index >= 15 is 0 Å². The Morgan fingerprint density at radius 1 is 1.36 bits per heavy atom. The Morgan fingerprint density at radius 3 is 2.36 bits per heavy atom. The molecule has 2 rings (SSSR count). The molecular formula is C16H23NO4S. The highest BCUT2D eigenvalue weighted by Gasteiger charge is 2.46. The molecular weight excluding hydrogens is 302 g/mol. The number of carbonyl (C=O) groups excluding carboxylic acids is 1. The summed E-state index contributed by atoms with van der Waals surface area (Å²) in [7, 11) is 0. The molecule has 0 bridgehead atoms. The van der Waals surface area contributed by atoms with E-state index < -0.39 is 16.9 Å². The number of rotatable bonds is 5. The third-order valence-corrected chi connectivity index (χ3v) is 5.18. The Labute approximate surface area is 134 Å². The highest BCUT2D eigenvalue weighted by Crippen LogP contribution is 2.32. The van der Waals surface area contributed by atoms with Crippen LogP contribution in [-0.4, -0.2) is 35.1 Å². The lowest BCUT2D eigenvalue weighted by molar-refractivity contribution is -0.0666. The molecule has 22 heavy (non-hydrogen) atoms. The first-order chi connectivity index (χ1) is 10.3. The lowest BCUT2D eigenvalue weighted by Gasteiger charge is -2.43. The standard InChI is InChI=1S/C16H23NO4S/c1-5-21-14(18)12-6-8-13(9-7-12)16(10-20-11-16)17-22(19)15(2,3)4/h6-9,17H,5,10-11H2,1-4H3. The molecule has 1 aromatic carbocycles. The minimum atomic E-state index is -1.19. The molecule has 122 valence electrons. The Kier molecular flexibility index (Phi) is 5.17. The molecule has 1 atom stereocenters. The fourth-order valence-corrected chi connectivity index (χ4v) is 2.96. The summed E-state index contributed by atoms with van der Waals surface area (Å²) in [6.07, 6.45) is 0. The number of hydrogen-bond donors (Lipinski definition) is 1. The second kappa shape index (κ2) is 6.58. The summed E-state index contributed by atoms with van der Waals surface area (Å²) >= 11 is -1.19. The van der Waals surface area contributed by atoms with E-state index in [-0.39, 0.29) is 10.7 Å². The number of nitrogens with one attached hydrogen (secondary N) is 1. The number of esters is 1. The maximum atomic E-state index is 12.4. The molecule has 0 saturated carbocycles. The first-order valence-electron chi connectivity index (χ1n) is 7.33. The fraction of sp³-hybridized carbons (Fsp3) is 0.562. The summed E-state index contributed by atoms with van der Waals surface area (Å²) in [5.41, 5.74) is 1.02. The van der Waals surface area contributed by atoms with Crippen molar-refractivity contribution < 1.29 is 18.8 Å². The number of benzene rings is 1. The van der Waals surface area contributed by atoms with Gasteiger partial charge in [0.15, 0.2) is 0 Å². The van der Waals surface area contributed by atoms with E-state index in [1.807, 2.05) is 32.9 Å². The maximum Gasteiger partial charge on any atom is 0.338 e. The van der Waals surface area contributed by atoms with Crippen LogP contribution < -0.4 is 4.72 Å². The van der Waals surface area contributed by atoms with Gasteiger partial charge in [0.2, 0.25) is 0 Å². The van der Waals surface area contributed by atoms with Crippen molar-refractivity contribution in [2.24, 2.45) is 0 Å². The van der Waals surface area contributed by atoms with Crippen molar-refractivity contribution in [3.63, 3.8) is 0 Å². The van der Waals surface area contributed by atoms with E-state index in [9.17, 15) is 9.35 Å². The van der Waals surface area contributed by atoms with Gasteiger partial charge in [0.05, 0.1) is 25.4 Å². The normalized spacial score (nSPS) is 18.4. The van der Waals surface area contributed by atoms with E-state index in [0.29, 0.717) is 25.4 Å². The zero-order chi connectivity index (χ0) is 16.4. The van der Waals surface area contributed by atoms with Gasteiger partial charge >= 0.3 is 5.97 Å². The number of ether oxygens (including phenoxy) is 2. The van der Waals surface area contributed by atoms with E-state index in [1.54, 1.807) is 19.1 Å². The Balaban J connectivity index is 2.16. The minimum Gasteiger partial charge on any atom is -0.598 e. The summed E-state index contributed by atoms with van der Waals surface area (Å²) in [6, 6.07) is 7.19. The van der Waals surface area contributed by atoms with Gasteiger partial charge in [-0.1, -0.05) is 12.1 Å². The molecule has 0 amide bonds. The van der Waals surface area contributed by atoms with E-state index in [4.69, 9.17) is 9.47 Å². The van der Waals surface area contributed by atoms with Crippen molar-refractivity contribution in [3.05, 3.63) is 35.4 Å². The molecule has 0 radical (unpaired) electrons. The molecule has 1 aliphatic rings. The monoisotopic (exact) mass is 325 g/mol. The van der Waals surface area contributed by atoms with Gasteiger partial charge in [-0.25, -0.2) is 4.79 Å². The molecule has 1 heterocycles. The molecule has 1 N–H and O–H groups in total. The molecule has 5 nitrogen and oxygen atoms in total. The van der Waals surface area contributed by atoms with E-state index in [2.05, 4.69) is 4.72 Å². The van der Waals surface area contributed by atoms with Gasteiger partial charge in [-0.2, -0.15) is 0 Å². The van der Waals surface area contributed by atoms with Gasteiger partial charge < -0.3 is 14.0 Å². The number of carbonyl (C=O) groups is 1. The largest absolute Gasteiger partial charge is 0.598 e. The van der Waals surface area contributed by atoms with Gasteiger partial charge in [-0.3, -0.25) is 0 Å². The van der Waals surface area contributed by atoms with E-state index in [1.165, 1.54) is 0 Å².